The smallest absolute Gasteiger partial charge is 0.269 e. The van der Waals surface area contributed by atoms with Crippen molar-refractivity contribution < 1.29 is 16.8 Å². The summed E-state index contributed by atoms with van der Waals surface area (Å²) in [5.41, 5.74) is 4.81. The number of aromatic nitrogens is 8. The van der Waals surface area contributed by atoms with Gasteiger partial charge < -0.3 is 14.1 Å². The van der Waals surface area contributed by atoms with Crippen LogP contribution in [0.25, 0.3) is 44.1 Å². The van der Waals surface area contributed by atoms with E-state index in [0.29, 0.717) is 23.6 Å². The van der Waals surface area contributed by atoms with Crippen LogP contribution in [0.15, 0.2) is 72.1 Å². The molecule has 2 aliphatic rings. The molecule has 6 heterocycles. The lowest BCUT2D eigenvalue weighted by molar-refractivity contribution is 0.352. The van der Waals surface area contributed by atoms with Crippen LogP contribution in [0.5, 0.6) is 0 Å². The number of pyridine rings is 2. The monoisotopic (exact) mass is 775 g/mol. The van der Waals surface area contributed by atoms with E-state index in [4.69, 9.17) is 16.6 Å². The van der Waals surface area contributed by atoms with Crippen LogP contribution in [-0.2, 0) is 32.5 Å². The summed E-state index contributed by atoms with van der Waals surface area (Å²) in [7, 11) is -6.99. The van der Waals surface area contributed by atoms with Gasteiger partial charge in [-0.2, -0.15) is 0 Å². The van der Waals surface area contributed by atoms with Crippen molar-refractivity contribution in [2.75, 3.05) is 6.26 Å². The first-order valence-corrected chi connectivity index (χ1v) is 22.0. The van der Waals surface area contributed by atoms with Gasteiger partial charge in [-0.3, -0.25) is 0 Å². The predicted molar refractivity (Wildman–Crippen MR) is 207 cm³/mol. The van der Waals surface area contributed by atoms with Gasteiger partial charge in [0.2, 0.25) is 10.0 Å². The Kier molecular flexibility index (Phi) is 9.77. The van der Waals surface area contributed by atoms with E-state index in [1.165, 1.54) is 48.8 Å². The van der Waals surface area contributed by atoms with E-state index >= 15 is 0 Å². The highest BCUT2D eigenvalue weighted by atomic mass is 35.5. The largest absolute Gasteiger partial charge is 0.346 e. The first kappa shape index (κ1) is 35.7. The highest BCUT2D eigenvalue weighted by molar-refractivity contribution is 7.90. The van der Waals surface area contributed by atoms with E-state index in [-0.39, 0.29) is 11.4 Å². The van der Waals surface area contributed by atoms with Gasteiger partial charge in [-0.15, -0.1) is 11.6 Å². The van der Waals surface area contributed by atoms with Gasteiger partial charge in [-0.25, -0.2) is 45.5 Å². The fourth-order valence-corrected chi connectivity index (χ4v) is 10.0. The Morgan fingerprint density at radius 1 is 0.774 bits per heavy atom. The molecule has 2 saturated carbocycles. The average Bonchev–Trinajstić information content (AvgIpc) is 3.98. The maximum atomic E-state index is 13.2. The Balaban J connectivity index is 0.000000154. The number of nitrogens with one attached hydrogen (secondary N) is 2. The summed E-state index contributed by atoms with van der Waals surface area (Å²) in [6, 6.07) is 13.0. The second-order valence-corrected chi connectivity index (χ2v) is 17.9. The zero-order valence-corrected chi connectivity index (χ0v) is 31.8. The minimum Gasteiger partial charge on any atom is -0.346 e. The van der Waals surface area contributed by atoms with Crippen LogP contribution in [0, 0.1) is 0 Å². The average molecular weight is 776 g/mol. The topological polar surface area (TPSA) is 162 Å². The molecule has 53 heavy (non-hydrogen) atoms. The van der Waals surface area contributed by atoms with Gasteiger partial charge in [0.15, 0.2) is 5.65 Å². The summed E-state index contributed by atoms with van der Waals surface area (Å²) < 4.78 is 57.7. The molecule has 0 bridgehead atoms. The molecular weight excluding hydrogens is 734 g/mol. The van der Waals surface area contributed by atoms with Crippen LogP contribution in [0.4, 0.5) is 0 Å². The first-order valence-electron chi connectivity index (χ1n) is 18.1. The number of halogens is 1. The number of fused-ring (bicyclic) bond motifs is 6. The van der Waals surface area contributed by atoms with Crippen molar-refractivity contribution in [1.82, 2.24) is 42.7 Å². The molecule has 16 heteroatoms. The number of hydrogen-bond donors (Lipinski definition) is 2. The molecule has 0 aliphatic heterocycles. The van der Waals surface area contributed by atoms with Crippen molar-refractivity contribution in [2.24, 2.45) is 0 Å². The second kappa shape index (κ2) is 14.5. The standard InChI is InChI=1S/C21H21ClN4O2S.C16H21N5O2S/c22-13-19-24-18-14-23-21-17(20(18)26(19)15-7-3-1-4-8-15)11-12-25(21)29(27,28)16-9-5-2-6-10-16;1-24(22,23)19-10-14-20-13-9-18-16-12(7-8-17-16)15(13)21(14)11-5-3-2-4-6-11/h2,5-6,9-12,14-15H,1,3-4,7-8,13H2;7-9,11,19H,2-6,10H2,1H3,(H,17,18). The normalized spacial score (nSPS) is 16.5. The van der Waals surface area contributed by atoms with Crippen LogP contribution in [-0.4, -0.2) is 61.1 Å². The van der Waals surface area contributed by atoms with Crippen LogP contribution < -0.4 is 4.72 Å². The summed E-state index contributed by atoms with van der Waals surface area (Å²) in [5, 5.41) is 1.83. The molecule has 0 saturated heterocycles. The second-order valence-electron chi connectivity index (χ2n) is 14.0. The van der Waals surface area contributed by atoms with Crippen LogP contribution in [0.3, 0.4) is 0 Å². The minimum absolute atomic E-state index is 0.204. The number of rotatable bonds is 8. The van der Waals surface area contributed by atoms with Gasteiger partial charge in [0.25, 0.3) is 10.0 Å². The van der Waals surface area contributed by atoms with Crippen molar-refractivity contribution >= 4 is 75.8 Å². The molecule has 0 spiro atoms. The summed E-state index contributed by atoms with van der Waals surface area (Å²) in [4.78, 5) is 21.6. The number of benzene rings is 1. The van der Waals surface area contributed by atoms with E-state index < -0.39 is 20.0 Å². The van der Waals surface area contributed by atoms with E-state index in [1.54, 1.807) is 48.9 Å². The Bertz CT molecular complexity index is 2640. The highest BCUT2D eigenvalue weighted by Crippen LogP contribution is 2.37. The molecule has 278 valence electrons. The lowest BCUT2D eigenvalue weighted by atomic mass is 9.95. The number of aromatic amines is 1. The van der Waals surface area contributed by atoms with Gasteiger partial charge in [0.05, 0.1) is 47.0 Å². The third-order valence-corrected chi connectivity index (χ3v) is 13.1. The van der Waals surface area contributed by atoms with E-state index in [0.717, 1.165) is 75.8 Å². The van der Waals surface area contributed by atoms with E-state index in [1.807, 2.05) is 18.3 Å². The van der Waals surface area contributed by atoms with E-state index in [9.17, 15) is 16.8 Å². The minimum atomic E-state index is -3.73. The SMILES string of the molecule is CS(=O)(=O)NCc1nc2cnc3[nH]ccc3c2n1C1CCCCC1.O=S(=O)(c1ccccc1)n1ccc2c1ncc1nc(CCl)n(C3CCCCC3)c12. The van der Waals surface area contributed by atoms with Crippen LogP contribution in [0.1, 0.15) is 87.9 Å². The molecule has 2 N–H and O–H groups in total. The van der Waals surface area contributed by atoms with Gasteiger partial charge in [0, 0.05) is 35.2 Å². The number of alkyl halides is 1. The molecule has 0 unspecified atom stereocenters. The number of H-pyrrole nitrogens is 1. The molecule has 0 radical (unpaired) electrons. The summed E-state index contributed by atoms with van der Waals surface area (Å²) in [5.74, 6) is 1.90. The molecule has 6 aromatic heterocycles. The van der Waals surface area contributed by atoms with Crippen molar-refractivity contribution in [3.8, 4) is 0 Å². The molecule has 0 atom stereocenters. The zero-order chi connectivity index (χ0) is 36.7. The predicted octanol–water partition coefficient (Wildman–Crippen LogP) is 7.33. The summed E-state index contributed by atoms with van der Waals surface area (Å²) in [6.07, 6.45) is 19.7. The van der Waals surface area contributed by atoms with Crippen LogP contribution in [0.2, 0.25) is 0 Å². The third kappa shape index (κ3) is 6.83. The number of nitrogens with zero attached hydrogens (tertiary/aromatic N) is 7. The molecule has 1 aromatic carbocycles. The number of imidazole rings is 2. The molecular formula is C37H42ClN9O4S2. The third-order valence-electron chi connectivity index (χ3n) is 10.5. The van der Waals surface area contributed by atoms with Gasteiger partial charge in [-0.1, -0.05) is 56.7 Å². The van der Waals surface area contributed by atoms with Crippen molar-refractivity contribution in [2.45, 2.75) is 93.6 Å². The lowest BCUT2D eigenvalue weighted by Gasteiger charge is -2.25. The van der Waals surface area contributed by atoms with Gasteiger partial charge in [-0.05, 0) is 49.9 Å². The number of sulfonamides is 1. The Labute approximate surface area is 312 Å². The van der Waals surface area contributed by atoms with Crippen LogP contribution >= 0.6 is 11.6 Å². The van der Waals surface area contributed by atoms with Crippen molar-refractivity contribution in [3.63, 3.8) is 0 Å². The highest BCUT2D eigenvalue weighted by Gasteiger charge is 2.27. The maximum Gasteiger partial charge on any atom is 0.269 e. The molecule has 9 rings (SSSR count). The molecule has 2 aliphatic carbocycles. The maximum absolute atomic E-state index is 13.2. The Morgan fingerprint density at radius 2 is 1.38 bits per heavy atom. The molecule has 2 fully saturated rings. The molecule has 13 nitrogen and oxygen atoms in total. The fraction of sp³-hybridized carbons (Fsp3) is 0.405. The lowest BCUT2D eigenvalue weighted by Crippen LogP contribution is -2.25. The zero-order valence-electron chi connectivity index (χ0n) is 29.4. The molecule has 7 aromatic rings. The quantitative estimate of drug-likeness (QED) is 0.152. The summed E-state index contributed by atoms with van der Waals surface area (Å²) >= 11 is 6.23. The number of hydrogen-bond acceptors (Lipinski definition) is 8. The van der Waals surface area contributed by atoms with Crippen molar-refractivity contribution in [3.05, 3.63) is 78.9 Å². The molecule has 0 amide bonds. The summed E-state index contributed by atoms with van der Waals surface area (Å²) in [6.45, 7) is 0.204. The van der Waals surface area contributed by atoms with Gasteiger partial charge >= 0.3 is 0 Å². The first-order chi connectivity index (χ1) is 25.6. The Morgan fingerprint density at radius 3 is 2.02 bits per heavy atom. The fourth-order valence-electron chi connectivity index (χ4n) is 8.12. The van der Waals surface area contributed by atoms with Gasteiger partial charge in [0.1, 0.15) is 28.3 Å². The van der Waals surface area contributed by atoms with E-state index in [2.05, 4.69) is 33.8 Å². The Hall–Kier alpha value is -4.31. The van der Waals surface area contributed by atoms with Crippen molar-refractivity contribution in [1.29, 1.82) is 0 Å².